The number of amides is 4. The molecule has 0 aliphatic carbocycles. The zero-order valence-corrected chi connectivity index (χ0v) is 31.5. The van der Waals surface area contributed by atoms with E-state index >= 15 is 0 Å². The molecule has 3 atom stereocenters. The van der Waals surface area contributed by atoms with E-state index in [0.29, 0.717) is 51.3 Å². The topological polar surface area (TPSA) is 174 Å². The molecule has 0 bridgehead atoms. The number of aromatic amines is 1. The first-order valence-electron chi connectivity index (χ1n) is 17.2. The van der Waals surface area contributed by atoms with Crippen LogP contribution in [-0.4, -0.2) is 77.3 Å². The second-order valence-electron chi connectivity index (χ2n) is 12.6. The Bertz CT molecular complexity index is 1910. The van der Waals surface area contributed by atoms with Crippen LogP contribution in [0.25, 0.3) is 10.9 Å². The normalized spacial score (nSPS) is 19.0. The number of nitrogens with two attached hydrogens (primary N) is 1. The van der Waals surface area contributed by atoms with Crippen molar-refractivity contribution in [2.45, 2.75) is 79.7 Å². The number of hydrogen-bond acceptors (Lipinski definition) is 8. The number of carbonyl (C=O) groups excluding carboxylic acids is 4. The van der Waals surface area contributed by atoms with E-state index in [9.17, 15) is 19.2 Å². The maximum absolute atomic E-state index is 14.4. The zero-order valence-electron chi connectivity index (χ0n) is 29.1. The summed E-state index contributed by atoms with van der Waals surface area (Å²) in [5.41, 5.74) is 8.92. The van der Waals surface area contributed by atoms with Crippen LogP contribution in [0.1, 0.15) is 48.8 Å². The summed E-state index contributed by atoms with van der Waals surface area (Å²) in [5.74, 6) is -1.50. The summed E-state index contributed by atoms with van der Waals surface area (Å²) < 4.78 is 0. The Morgan fingerprint density at radius 1 is 1.00 bits per heavy atom. The number of benzene rings is 2. The van der Waals surface area contributed by atoms with Crippen molar-refractivity contribution in [2.75, 3.05) is 20.6 Å². The Labute approximate surface area is 317 Å². The summed E-state index contributed by atoms with van der Waals surface area (Å²) in [4.78, 5) is 64.9. The van der Waals surface area contributed by atoms with Gasteiger partial charge in [-0.25, -0.2) is 4.98 Å². The second-order valence-corrected chi connectivity index (χ2v) is 14.5. The number of H-pyrrole nitrogens is 1. The number of nitrogens with zero attached hydrogens (tertiary/aromatic N) is 2. The summed E-state index contributed by atoms with van der Waals surface area (Å²) in [6.45, 7) is 0.683. The molecule has 2 aromatic carbocycles. The van der Waals surface area contributed by atoms with Gasteiger partial charge >= 0.3 is 0 Å². The van der Waals surface area contributed by atoms with E-state index in [4.69, 9.17) is 28.9 Å². The highest BCUT2D eigenvalue weighted by Crippen LogP contribution is 2.39. The third kappa shape index (κ3) is 9.64. The average Bonchev–Trinajstić information content (AvgIpc) is 3.56. The predicted molar refractivity (Wildman–Crippen MR) is 204 cm³/mol. The van der Waals surface area contributed by atoms with Gasteiger partial charge in [0.1, 0.15) is 17.1 Å². The number of likely N-dealkylation sites (N-methyl/N-ethyl adjacent to an activating group) is 1. The number of pyridine rings is 1. The predicted octanol–water partition coefficient (Wildman–Crippen LogP) is 4.32. The smallest absolute Gasteiger partial charge is 0.245 e. The standard InChI is InChI=1S/C37H44Cl2N8O4S/c1-41-32(48)15-14-29-34(49)46-30(11-5-6-16-40)37(51)47(2)31(18-23-20-43-28-10-4-3-9-24(23)28)35(50)45-21-25-26(38)12-13-27(39)33(25)52-36-22(19-44-29)8-7-17-42-36/h3-4,7-10,12-13,17,20,29-31,43-44H,5-6,11,14-16,18-19,21,40H2,1-2H3,(H,41,48)(H,45,50)(H,46,49)/t29-,30-,31-/m0/s1. The van der Waals surface area contributed by atoms with Crippen LogP contribution in [0.5, 0.6) is 0 Å². The van der Waals surface area contributed by atoms with E-state index in [2.05, 4.69) is 31.2 Å². The van der Waals surface area contributed by atoms with Crippen molar-refractivity contribution in [1.29, 1.82) is 0 Å². The maximum Gasteiger partial charge on any atom is 0.245 e. The summed E-state index contributed by atoms with van der Waals surface area (Å²) in [6, 6.07) is 12.0. The number of fused-ring (bicyclic) bond motifs is 3. The number of unbranched alkanes of at least 4 members (excludes halogenated alkanes) is 1. The summed E-state index contributed by atoms with van der Waals surface area (Å²) in [6.07, 6.45) is 5.47. The Morgan fingerprint density at radius 3 is 2.58 bits per heavy atom. The van der Waals surface area contributed by atoms with Crippen LogP contribution < -0.4 is 27.0 Å². The van der Waals surface area contributed by atoms with Gasteiger partial charge in [0.05, 0.1) is 11.1 Å². The summed E-state index contributed by atoms with van der Waals surface area (Å²) in [5, 5.41) is 14.3. The number of nitrogens with one attached hydrogen (secondary N) is 5. The minimum Gasteiger partial charge on any atom is -0.361 e. The molecule has 5 rings (SSSR count). The minimum atomic E-state index is -0.963. The second kappa shape index (κ2) is 18.6. The molecule has 0 radical (unpaired) electrons. The number of hydrogen-bond donors (Lipinski definition) is 6. The lowest BCUT2D eigenvalue weighted by Gasteiger charge is -2.32. The molecular formula is C37H44Cl2N8O4S. The Hall–Kier alpha value is -4.14. The molecule has 276 valence electrons. The Morgan fingerprint density at radius 2 is 1.79 bits per heavy atom. The Kier molecular flexibility index (Phi) is 14.0. The van der Waals surface area contributed by atoms with Crippen molar-refractivity contribution in [3.8, 4) is 0 Å². The Balaban J connectivity index is 1.58. The first kappa shape index (κ1) is 39.1. The van der Waals surface area contributed by atoms with Gasteiger partial charge in [0, 0.05) is 78.8 Å². The van der Waals surface area contributed by atoms with Gasteiger partial charge in [-0.1, -0.05) is 59.2 Å². The molecule has 4 amide bonds. The van der Waals surface area contributed by atoms with Crippen molar-refractivity contribution in [3.63, 3.8) is 0 Å². The molecule has 2 aromatic heterocycles. The molecule has 12 nitrogen and oxygen atoms in total. The van der Waals surface area contributed by atoms with Gasteiger partial charge in [-0.2, -0.15) is 0 Å². The fourth-order valence-corrected chi connectivity index (χ4v) is 7.81. The minimum absolute atomic E-state index is 0.0334. The quantitative estimate of drug-likeness (QED) is 0.137. The third-order valence-corrected chi connectivity index (χ3v) is 11.2. The van der Waals surface area contributed by atoms with Crippen LogP contribution in [0.4, 0.5) is 0 Å². The van der Waals surface area contributed by atoms with Gasteiger partial charge in [0.25, 0.3) is 0 Å². The van der Waals surface area contributed by atoms with Crippen molar-refractivity contribution >= 4 is 69.5 Å². The first-order valence-corrected chi connectivity index (χ1v) is 18.8. The molecule has 0 saturated carbocycles. The number of aromatic nitrogens is 2. The highest BCUT2D eigenvalue weighted by molar-refractivity contribution is 7.99. The molecule has 1 aliphatic heterocycles. The lowest BCUT2D eigenvalue weighted by molar-refractivity contribution is -0.142. The van der Waals surface area contributed by atoms with Crippen LogP contribution in [0.2, 0.25) is 10.0 Å². The monoisotopic (exact) mass is 766 g/mol. The molecule has 1 aliphatic rings. The highest BCUT2D eigenvalue weighted by Gasteiger charge is 2.34. The van der Waals surface area contributed by atoms with Gasteiger partial charge in [-0.15, -0.1) is 0 Å². The van der Waals surface area contributed by atoms with Crippen molar-refractivity contribution in [2.24, 2.45) is 5.73 Å². The molecule has 3 heterocycles. The van der Waals surface area contributed by atoms with Gasteiger partial charge in [0.2, 0.25) is 23.6 Å². The lowest BCUT2D eigenvalue weighted by atomic mass is 10.0. The molecule has 15 heteroatoms. The van der Waals surface area contributed by atoms with Crippen molar-refractivity contribution in [3.05, 3.63) is 87.7 Å². The highest BCUT2D eigenvalue weighted by atomic mass is 35.5. The molecular weight excluding hydrogens is 723 g/mol. The lowest BCUT2D eigenvalue weighted by Crippen LogP contribution is -2.57. The third-order valence-electron chi connectivity index (χ3n) is 9.21. The fourth-order valence-electron chi connectivity index (χ4n) is 6.19. The summed E-state index contributed by atoms with van der Waals surface area (Å²) in [7, 11) is 3.12. The number of para-hydroxylation sites is 1. The van der Waals surface area contributed by atoms with Crippen molar-refractivity contribution in [1.82, 2.24) is 36.1 Å². The van der Waals surface area contributed by atoms with E-state index in [-0.39, 0.29) is 38.3 Å². The van der Waals surface area contributed by atoms with Crippen LogP contribution in [0.3, 0.4) is 0 Å². The largest absolute Gasteiger partial charge is 0.361 e. The van der Waals surface area contributed by atoms with E-state index in [0.717, 1.165) is 22.0 Å². The van der Waals surface area contributed by atoms with Gasteiger partial charge in [-0.3, -0.25) is 19.2 Å². The molecule has 0 fully saturated rings. The SMILES string of the molecule is CNC(=O)CC[C@@H]1NCc2cccnc2Sc2c(Cl)ccc(Cl)c2CNC(=O)[C@H](Cc2c[nH]c3ccccc23)N(C)C(=O)[C@H](CCCCN)NC1=O. The van der Waals surface area contributed by atoms with Gasteiger partial charge < -0.3 is 36.9 Å². The first-order chi connectivity index (χ1) is 25.1. The van der Waals surface area contributed by atoms with Crippen LogP contribution in [-0.2, 0) is 38.7 Å². The number of carbonyl (C=O) groups is 4. The molecule has 7 N–H and O–H groups in total. The van der Waals surface area contributed by atoms with E-state index < -0.39 is 35.8 Å². The van der Waals surface area contributed by atoms with Crippen molar-refractivity contribution < 1.29 is 19.2 Å². The fraction of sp³-hybridized carbons (Fsp3) is 0.378. The van der Waals surface area contributed by atoms with Gasteiger partial charge in [-0.05, 0) is 67.6 Å². The molecule has 0 saturated heterocycles. The average molecular weight is 768 g/mol. The number of rotatable bonds is 9. The molecule has 0 unspecified atom stereocenters. The van der Waals surface area contributed by atoms with E-state index in [1.807, 2.05) is 36.5 Å². The van der Waals surface area contributed by atoms with Crippen LogP contribution in [0, 0.1) is 0 Å². The van der Waals surface area contributed by atoms with E-state index in [1.54, 1.807) is 31.4 Å². The van der Waals surface area contributed by atoms with E-state index in [1.165, 1.54) is 23.7 Å². The van der Waals surface area contributed by atoms with Crippen LogP contribution >= 0.6 is 35.0 Å². The molecule has 4 aromatic rings. The van der Waals surface area contributed by atoms with Crippen LogP contribution in [0.15, 0.2) is 70.8 Å². The molecule has 52 heavy (non-hydrogen) atoms. The molecule has 0 spiro atoms. The number of halogens is 2. The van der Waals surface area contributed by atoms with Gasteiger partial charge in [0.15, 0.2) is 0 Å². The zero-order chi connectivity index (χ0) is 37.2. The summed E-state index contributed by atoms with van der Waals surface area (Å²) >= 11 is 14.8. The maximum atomic E-state index is 14.4.